The van der Waals surface area contributed by atoms with E-state index in [-0.39, 0.29) is 17.9 Å². The second kappa shape index (κ2) is 5.68. The summed E-state index contributed by atoms with van der Waals surface area (Å²) in [5, 5.41) is 17.1. The third kappa shape index (κ3) is 2.50. The van der Waals surface area contributed by atoms with Gasteiger partial charge in [0.1, 0.15) is 11.6 Å². The largest absolute Gasteiger partial charge is 0.480 e. The molecule has 0 bridgehead atoms. The van der Waals surface area contributed by atoms with Crippen LogP contribution in [0.1, 0.15) is 29.3 Å². The highest BCUT2D eigenvalue weighted by Gasteiger charge is 2.36. The Balaban J connectivity index is 2.25. The van der Waals surface area contributed by atoms with Crippen molar-refractivity contribution in [2.24, 2.45) is 0 Å². The molecule has 1 N–H and O–H groups in total. The minimum Gasteiger partial charge on any atom is -0.480 e. The molecule has 1 aliphatic rings. The second-order valence-corrected chi connectivity index (χ2v) is 5.26. The summed E-state index contributed by atoms with van der Waals surface area (Å²) >= 11 is 0. The molecule has 7 heteroatoms. The average Bonchev–Trinajstić information content (AvgIpc) is 2.63. The number of benzene rings is 1. The smallest absolute Gasteiger partial charge is 0.326 e. The van der Waals surface area contributed by atoms with Crippen molar-refractivity contribution < 1.29 is 19.4 Å². The number of carbonyl (C=O) groups is 2. The molecule has 0 saturated carbocycles. The molecule has 118 valence electrons. The molecular weight excluding hydrogens is 298 g/mol. The molecule has 2 aromatic rings. The monoisotopic (exact) mass is 313 g/mol. The summed E-state index contributed by atoms with van der Waals surface area (Å²) in [7, 11) is 0. The van der Waals surface area contributed by atoms with Gasteiger partial charge in [-0.15, -0.1) is 5.10 Å². The first kappa shape index (κ1) is 15.0. The number of nitrogens with zero attached hydrogens (tertiary/aromatic N) is 3. The summed E-state index contributed by atoms with van der Waals surface area (Å²) in [5.74, 6) is -1.08. The Hall–Kier alpha value is -2.96. The Labute approximate surface area is 132 Å². The van der Waals surface area contributed by atoms with Crippen molar-refractivity contribution in [1.29, 1.82) is 0 Å². The predicted molar refractivity (Wildman–Crippen MR) is 81.8 cm³/mol. The van der Waals surface area contributed by atoms with Crippen molar-refractivity contribution >= 4 is 17.6 Å². The van der Waals surface area contributed by atoms with Crippen LogP contribution in [0.15, 0.2) is 30.5 Å². The van der Waals surface area contributed by atoms with E-state index in [1.54, 1.807) is 25.1 Å². The fraction of sp³-hybridized carbons (Fsp3) is 0.250. The van der Waals surface area contributed by atoms with Crippen LogP contribution < -0.4 is 9.64 Å². The number of aryl methyl sites for hydroxylation is 1. The molecule has 0 aliphatic carbocycles. The molecular formula is C16H15N3O4. The third-order valence-corrected chi connectivity index (χ3v) is 3.70. The number of carboxylic acid groups (broad SMARTS) is 1. The standard InChI is InChI=1S/C16H15N3O4/c1-3-11(16(21)22)19-12-5-4-9(2)8-13(12)23-14-10(15(19)20)6-7-17-18-14/h4-8,11H,3H2,1-2H3,(H,21,22). The number of amides is 1. The summed E-state index contributed by atoms with van der Waals surface area (Å²) in [5.41, 5.74) is 1.52. The number of hydrogen-bond acceptors (Lipinski definition) is 5. The van der Waals surface area contributed by atoms with Crippen molar-refractivity contribution in [2.75, 3.05) is 4.90 Å². The molecule has 7 nitrogen and oxygen atoms in total. The average molecular weight is 313 g/mol. The number of ether oxygens (including phenoxy) is 1. The third-order valence-electron chi connectivity index (χ3n) is 3.70. The number of hydrogen-bond donors (Lipinski definition) is 1. The van der Waals surface area contributed by atoms with Gasteiger partial charge in [-0.1, -0.05) is 13.0 Å². The van der Waals surface area contributed by atoms with E-state index >= 15 is 0 Å². The van der Waals surface area contributed by atoms with E-state index < -0.39 is 17.9 Å². The summed E-state index contributed by atoms with van der Waals surface area (Å²) in [4.78, 5) is 25.8. The zero-order chi connectivity index (χ0) is 16.6. The van der Waals surface area contributed by atoms with Crippen LogP contribution in [-0.4, -0.2) is 33.2 Å². The fourth-order valence-electron chi connectivity index (χ4n) is 2.58. The summed E-state index contributed by atoms with van der Waals surface area (Å²) < 4.78 is 5.73. The topological polar surface area (TPSA) is 92.6 Å². The normalized spacial score (nSPS) is 14.3. The molecule has 0 fully saturated rings. The van der Waals surface area contributed by atoms with Crippen molar-refractivity contribution in [3.05, 3.63) is 41.6 Å². The second-order valence-electron chi connectivity index (χ2n) is 5.26. The lowest BCUT2D eigenvalue weighted by Crippen LogP contribution is -2.44. The molecule has 0 spiro atoms. The SMILES string of the molecule is CCC(C(=O)O)N1C(=O)c2ccnnc2Oc2cc(C)ccc21. The highest BCUT2D eigenvalue weighted by molar-refractivity contribution is 6.11. The van der Waals surface area contributed by atoms with Crippen LogP contribution in [0, 0.1) is 6.92 Å². The van der Waals surface area contributed by atoms with Gasteiger partial charge in [0, 0.05) is 0 Å². The maximum Gasteiger partial charge on any atom is 0.326 e. The lowest BCUT2D eigenvalue weighted by molar-refractivity contribution is -0.138. The van der Waals surface area contributed by atoms with Gasteiger partial charge in [-0.2, -0.15) is 5.10 Å². The Morgan fingerprint density at radius 1 is 1.39 bits per heavy atom. The van der Waals surface area contributed by atoms with Crippen molar-refractivity contribution in [1.82, 2.24) is 10.2 Å². The molecule has 1 aromatic carbocycles. The van der Waals surface area contributed by atoms with Gasteiger partial charge in [-0.3, -0.25) is 9.69 Å². The van der Waals surface area contributed by atoms with E-state index in [2.05, 4.69) is 10.2 Å². The van der Waals surface area contributed by atoms with Gasteiger partial charge in [0.05, 0.1) is 11.9 Å². The van der Waals surface area contributed by atoms with Crippen LogP contribution in [-0.2, 0) is 4.79 Å². The number of anilines is 1. The van der Waals surface area contributed by atoms with Crippen molar-refractivity contribution in [2.45, 2.75) is 26.3 Å². The Morgan fingerprint density at radius 2 is 2.17 bits per heavy atom. The van der Waals surface area contributed by atoms with Crippen LogP contribution in [0.25, 0.3) is 0 Å². The molecule has 0 saturated heterocycles. The van der Waals surface area contributed by atoms with Crippen LogP contribution in [0.4, 0.5) is 5.69 Å². The van der Waals surface area contributed by atoms with Gasteiger partial charge in [0.2, 0.25) is 0 Å². The summed E-state index contributed by atoms with van der Waals surface area (Å²) in [6.45, 7) is 3.60. The first-order chi connectivity index (χ1) is 11.0. The molecule has 3 rings (SSSR count). The van der Waals surface area contributed by atoms with Crippen molar-refractivity contribution in [3.63, 3.8) is 0 Å². The summed E-state index contributed by atoms with van der Waals surface area (Å²) in [6.07, 6.45) is 1.64. The minimum absolute atomic E-state index is 0.0760. The summed E-state index contributed by atoms with van der Waals surface area (Å²) in [6, 6.07) is 5.72. The van der Waals surface area contributed by atoms with Crippen LogP contribution in [0.3, 0.4) is 0 Å². The van der Waals surface area contributed by atoms with Crippen LogP contribution in [0.5, 0.6) is 11.6 Å². The molecule has 1 amide bonds. The van der Waals surface area contributed by atoms with Gasteiger partial charge >= 0.3 is 5.97 Å². The molecule has 1 aromatic heterocycles. The Morgan fingerprint density at radius 3 is 2.87 bits per heavy atom. The molecule has 2 heterocycles. The molecule has 23 heavy (non-hydrogen) atoms. The molecule has 0 radical (unpaired) electrons. The number of rotatable bonds is 3. The van der Waals surface area contributed by atoms with Gasteiger partial charge in [0.25, 0.3) is 11.8 Å². The van der Waals surface area contributed by atoms with E-state index in [9.17, 15) is 14.7 Å². The zero-order valence-corrected chi connectivity index (χ0v) is 12.7. The maximum absolute atomic E-state index is 12.9. The lowest BCUT2D eigenvalue weighted by Gasteiger charge is -2.27. The molecule has 1 unspecified atom stereocenters. The van der Waals surface area contributed by atoms with E-state index in [1.807, 2.05) is 6.92 Å². The zero-order valence-electron chi connectivity index (χ0n) is 12.7. The number of aromatic nitrogens is 2. The van der Waals surface area contributed by atoms with E-state index in [1.165, 1.54) is 17.2 Å². The quantitative estimate of drug-likeness (QED) is 0.935. The Bertz CT molecular complexity index is 791. The van der Waals surface area contributed by atoms with Crippen LogP contribution >= 0.6 is 0 Å². The maximum atomic E-state index is 12.9. The highest BCUT2D eigenvalue weighted by atomic mass is 16.5. The minimum atomic E-state index is -1.07. The number of aliphatic carboxylic acids is 1. The fourth-order valence-corrected chi connectivity index (χ4v) is 2.58. The van der Waals surface area contributed by atoms with Gasteiger partial charge in [0.15, 0.2) is 5.75 Å². The number of fused-ring (bicyclic) bond motifs is 2. The number of carboxylic acids is 1. The lowest BCUT2D eigenvalue weighted by atomic mass is 10.1. The first-order valence-electron chi connectivity index (χ1n) is 7.19. The van der Waals surface area contributed by atoms with Crippen molar-refractivity contribution in [3.8, 4) is 11.6 Å². The van der Waals surface area contributed by atoms with Gasteiger partial charge in [-0.05, 0) is 37.1 Å². The Kier molecular flexibility index (Phi) is 3.69. The highest BCUT2D eigenvalue weighted by Crippen LogP contribution is 2.39. The van der Waals surface area contributed by atoms with E-state index in [4.69, 9.17) is 4.74 Å². The first-order valence-corrected chi connectivity index (χ1v) is 7.19. The van der Waals surface area contributed by atoms with Gasteiger partial charge in [-0.25, -0.2) is 4.79 Å². The van der Waals surface area contributed by atoms with Gasteiger partial charge < -0.3 is 9.84 Å². The van der Waals surface area contributed by atoms with E-state index in [0.717, 1.165) is 5.56 Å². The van der Waals surface area contributed by atoms with E-state index in [0.29, 0.717) is 11.4 Å². The predicted octanol–water partition coefficient (Wildman–Crippen LogP) is 2.40. The molecule has 1 atom stereocenters. The van der Waals surface area contributed by atoms with Crippen LogP contribution in [0.2, 0.25) is 0 Å². The molecule has 1 aliphatic heterocycles. The number of carbonyl (C=O) groups excluding carboxylic acids is 1.